The number of esters is 2. The van der Waals surface area contributed by atoms with E-state index < -0.39 is 5.97 Å². The molecule has 4 heteroatoms. The topological polar surface area (TPSA) is 52.6 Å². The van der Waals surface area contributed by atoms with E-state index in [-0.39, 0.29) is 17.5 Å². The average Bonchev–Trinajstić information content (AvgIpc) is 2.78. The van der Waals surface area contributed by atoms with Gasteiger partial charge >= 0.3 is 11.9 Å². The fourth-order valence-electron chi connectivity index (χ4n) is 3.55. The lowest BCUT2D eigenvalue weighted by Crippen LogP contribution is -2.28. The molecule has 1 rings (SSSR count). The third-order valence-corrected chi connectivity index (χ3v) is 6.32. The number of hydrogen-bond acceptors (Lipinski definition) is 4. The second-order valence-corrected chi connectivity index (χ2v) is 10.4. The second kappa shape index (κ2) is 16.7. The first-order chi connectivity index (χ1) is 15.8. The van der Waals surface area contributed by atoms with Crippen molar-refractivity contribution in [2.45, 2.75) is 124 Å². The fourth-order valence-corrected chi connectivity index (χ4v) is 3.55. The smallest absolute Gasteiger partial charge is 0.338 e. The molecule has 0 aliphatic rings. The molecule has 0 saturated heterocycles. The highest BCUT2D eigenvalue weighted by Crippen LogP contribution is 2.23. The summed E-state index contributed by atoms with van der Waals surface area (Å²) >= 11 is 0. The van der Waals surface area contributed by atoms with Gasteiger partial charge in [0.25, 0.3) is 0 Å². The van der Waals surface area contributed by atoms with Crippen molar-refractivity contribution in [3.63, 3.8) is 0 Å². The van der Waals surface area contributed by atoms with Crippen molar-refractivity contribution in [3.05, 3.63) is 35.4 Å². The summed E-state index contributed by atoms with van der Waals surface area (Å²) in [5, 5.41) is 0. The first kappa shape index (κ1) is 29.2. The summed E-state index contributed by atoms with van der Waals surface area (Å²) in [6.45, 7) is 10.6. The van der Waals surface area contributed by atoms with Gasteiger partial charge in [0.2, 0.25) is 0 Å². The maximum absolute atomic E-state index is 12.4. The van der Waals surface area contributed by atoms with Crippen molar-refractivity contribution in [2.24, 2.45) is 5.41 Å². The summed E-state index contributed by atoms with van der Waals surface area (Å²) in [6.07, 6.45) is 16.5. The molecule has 0 saturated carbocycles. The molecule has 0 N–H and O–H groups in total. The third-order valence-electron chi connectivity index (χ3n) is 6.32. The van der Waals surface area contributed by atoms with Crippen LogP contribution < -0.4 is 0 Å². The predicted molar refractivity (Wildman–Crippen MR) is 137 cm³/mol. The molecule has 4 nitrogen and oxygen atoms in total. The van der Waals surface area contributed by atoms with Crippen molar-refractivity contribution in [3.8, 4) is 0 Å². The van der Waals surface area contributed by atoms with E-state index in [4.69, 9.17) is 9.47 Å². The molecule has 0 fully saturated rings. The lowest BCUT2D eigenvalue weighted by molar-refractivity contribution is 0.00479. The molecule has 0 amide bonds. The van der Waals surface area contributed by atoms with E-state index in [1.165, 1.54) is 70.6 Å². The summed E-state index contributed by atoms with van der Waals surface area (Å²) in [4.78, 5) is 24.7. The van der Waals surface area contributed by atoms with Gasteiger partial charge in [0.1, 0.15) is 6.10 Å². The number of carbonyl (C=O) groups is 2. The molecule has 0 spiro atoms. The summed E-state index contributed by atoms with van der Waals surface area (Å²) in [6, 6.07) is 6.60. The molecule has 1 unspecified atom stereocenters. The zero-order valence-corrected chi connectivity index (χ0v) is 21.9. The monoisotopic (exact) mass is 460 g/mol. The van der Waals surface area contributed by atoms with Crippen LogP contribution in [0.2, 0.25) is 0 Å². The van der Waals surface area contributed by atoms with E-state index >= 15 is 0 Å². The SMILES string of the molecule is CCCCCCCCCCCCCCCOC(=O)c1cccc(C(=O)OC(C)C(C)(C)C)c1. The molecule has 33 heavy (non-hydrogen) atoms. The minimum absolute atomic E-state index is 0.139. The number of benzene rings is 1. The van der Waals surface area contributed by atoms with E-state index in [0.29, 0.717) is 17.7 Å². The molecule has 0 radical (unpaired) electrons. The molecular formula is C29H48O4. The third kappa shape index (κ3) is 13.5. The minimum atomic E-state index is -0.413. The van der Waals surface area contributed by atoms with Crippen LogP contribution in [0.15, 0.2) is 24.3 Å². The zero-order chi connectivity index (χ0) is 24.5. The average molecular weight is 461 g/mol. The first-order valence-corrected chi connectivity index (χ1v) is 13.2. The van der Waals surface area contributed by atoms with Crippen LogP contribution in [0.25, 0.3) is 0 Å². The molecule has 0 aliphatic carbocycles. The van der Waals surface area contributed by atoms with E-state index in [1.807, 2.05) is 27.7 Å². The Balaban J connectivity index is 2.16. The van der Waals surface area contributed by atoms with Crippen molar-refractivity contribution < 1.29 is 19.1 Å². The van der Waals surface area contributed by atoms with Crippen molar-refractivity contribution in [1.29, 1.82) is 0 Å². The van der Waals surface area contributed by atoms with Crippen LogP contribution in [0.3, 0.4) is 0 Å². The lowest BCUT2D eigenvalue weighted by atomic mass is 9.90. The summed E-state index contributed by atoms with van der Waals surface area (Å²) in [7, 11) is 0. The van der Waals surface area contributed by atoms with Gasteiger partial charge < -0.3 is 9.47 Å². The van der Waals surface area contributed by atoms with E-state index in [0.717, 1.165) is 12.8 Å². The Kier molecular flexibility index (Phi) is 14.8. The number of ether oxygens (including phenoxy) is 2. The summed E-state index contributed by atoms with van der Waals surface area (Å²) in [5.41, 5.74) is 0.629. The predicted octanol–water partition coefficient (Wildman–Crippen LogP) is 8.53. The van der Waals surface area contributed by atoms with Crippen LogP contribution in [0, 0.1) is 5.41 Å². The fraction of sp³-hybridized carbons (Fsp3) is 0.724. The molecule has 188 valence electrons. The minimum Gasteiger partial charge on any atom is -0.462 e. The highest BCUT2D eigenvalue weighted by Gasteiger charge is 2.24. The first-order valence-electron chi connectivity index (χ1n) is 13.2. The normalized spacial score (nSPS) is 12.4. The van der Waals surface area contributed by atoms with Crippen LogP contribution in [-0.4, -0.2) is 24.6 Å². The summed E-state index contributed by atoms with van der Waals surface area (Å²) in [5.74, 6) is -0.795. The van der Waals surface area contributed by atoms with Gasteiger partial charge in [-0.2, -0.15) is 0 Å². The summed E-state index contributed by atoms with van der Waals surface area (Å²) < 4.78 is 10.9. The molecular weight excluding hydrogens is 412 g/mol. The Labute approximate surface area is 202 Å². The number of hydrogen-bond donors (Lipinski definition) is 0. The molecule has 0 heterocycles. The maximum Gasteiger partial charge on any atom is 0.338 e. The van der Waals surface area contributed by atoms with Crippen molar-refractivity contribution >= 4 is 11.9 Å². The quantitative estimate of drug-likeness (QED) is 0.173. The van der Waals surface area contributed by atoms with Gasteiger partial charge in [0.15, 0.2) is 0 Å². The van der Waals surface area contributed by atoms with E-state index in [9.17, 15) is 9.59 Å². The lowest BCUT2D eigenvalue weighted by Gasteiger charge is -2.26. The van der Waals surface area contributed by atoms with Crippen molar-refractivity contribution in [2.75, 3.05) is 6.61 Å². The number of rotatable bonds is 17. The maximum atomic E-state index is 12.4. The Bertz CT molecular complexity index is 674. The molecule has 1 aromatic carbocycles. The number of unbranched alkanes of at least 4 members (excludes halogenated alkanes) is 12. The van der Waals surface area contributed by atoms with Gasteiger partial charge in [0.05, 0.1) is 17.7 Å². The van der Waals surface area contributed by atoms with Crippen LogP contribution in [0.4, 0.5) is 0 Å². The van der Waals surface area contributed by atoms with Gasteiger partial charge in [-0.15, -0.1) is 0 Å². The van der Waals surface area contributed by atoms with Crippen molar-refractivity contribution in [1.82, 2.24) is 0 Å². The molecule has 0 aliphatic heterocycles. The van der Waals surface area contributed by atoms with Gasteiger partial charge in [-0.3, -0.25) is 0 Å². The number of carbonyl (C=O) groups excluding carboxylic acids is 2. The van der Waals surface area contributed by atoms with Gasteiger partial charge in [-0.25, -0.2) is 9.59 Å². The molecule has 1 aromatic rings. The van der Waals surface area contributed by atoms with Gasteiger partial charge in [-0.05, 0) is 37.0 Å². The second-order valence-electron chi connectivity index (χ2n) is 10.4. The zero-order valence-electron chi connectivity index (χ0n) is 21.9. The highest BCUT2D eigenvalue weighted by molar-refractivity contribution is 5.95. The molecule has 0 bridgehead atoms. The van der Waals surface area contributed by atoms with Crippen LogP contribution >= 0.6 is 0 Å². The van der Waals surface area contributed by atoms with Crippen LogP contribution in [0.1, 0.15) is 139 Å². The van der Waals surface area contributed by atoms with E-state index in [2.05, 4.69) is 6.92 Å². The van der Waals surface area contributed by atoms with Gasteiger partial charge in [0, 0.05) is 0 Å². The van der Waals surface area contributed by atoms with Crippen LogP contribution in [-0.2, 0) is 9.47 Å². The highest BCUT2D eigenvalue weighted by atomic mass is 16.5. The largest absolute Gasteiger partial charge is 0.462 e. The van der Waals surface area contributed by atoms with E-state index in [1.54, 1.807) is 24.3 Å². The molecule has 0 aromatic heterocycles. The Hall–Kier alpha value is -1.84. The Morgan fingerprint density at radius 3 is 1.70 bits per heavy atom. The van der Waals surface area contributed by atoms with Gasteiger partial charge in [-0.1, -0.05) is 111 Å². The standard InChI is InChI=1S/C29H48O4/c1-6-7-8-9-10-11-12-13-14-15-16-17-18-22-32-27(30)25-20-19-21-26(23-25)28(31)33-24(2)29(3,4)5/h19-21,23-24H,6-18,22H2,1-5H3. The molecule has 1 atom stereocenters. The Morgan fingerprint density at radius 2 is 1.21 bits per heavy atom. The van der Waals surface area contributed by atoms with Crippen LogP contribution in [0.5, 0.6) is 0 Å². The Morgan fingerprint density at radius 1 is 0.758 bits per heavy atom.